The molecule has 0 N–H and O–H groups in total. The fourth-order valence-electron chi connectivity index (χ4n) is 5.42. The van der Waals surface area contributed by atoms with Crippen LogP contribution in [0.2, 0.25) is 0 Å². The molecule has 0 atom stereocenters. The molecule has 2 aromatic rings. The smallest absolute Gasteiger partial charge is 0.151 e. The predicted octanol–water partition coefficient (Wildman–Crippen LogP) is 4.94. The van der Waals surface area contributed by atoms with E-state index in [1.807, 2.05) is 0 Å². The molecule has 2 aliphatic heterocycles. The lowest BCUT2D eigenvalue weighted by atomic mass is 9.70. The number of benzene rings is 1. The maximum absolute atomic E-state index is 4.59. The van der Waals surface area contributed by atoms with Gasteiger partial charge < -0.3 is 9.80 Å². The molecule has 1 aliphatic carbocycles. The molecule has 2 saturated heterocycles. The first-order valence-electron chi connectivity index (χ1n) is 11.7. The van der Waals surface area contributed by atoms with Crippen LogP contribution in [0.1, 0.15) is 57.4 Å². The number of aryl methyl sites for hydroxylation is 1. The summed E-state index contributed by atoms with van der Waals surface area (Å²) in [4.78, 5) is 5.22. The second-order valence-electron chi connectivity index (χ2n) is 9.44. The Hall–Kier alpha value is -1.94. The zero-order chi connectivity index (χ0) is 19.7. The fourth-order valence-corrected chi connectivity index (χ4v) is 5.42. The first kappa shape index (κ1) is 19.0. The second kappa shape index (κ2) is 8.06. The maximum atomic E-state index is 4.59. The van der Waals surface area contributed by atoms with Crippen LogP contribution in [0.4, 0.5) is 5.82 Å². The second-order valence-corrected chi connectivity index (χ2v) is 9.44. The Kier molecular flexibility index (Phi) is 5.29. The third kappa shape index (κ3) is 3.92. The molecule has 29 heavy (non-hydrogen) atoms. The highest BCUT2D eigenvalue weighted by Crippen LogP contribution is 2.43. The van der Waals surface area contributed by atoms with Gasteiger partial charge in [-0.2, -0.15) is 0 Å². The molecule has 3 fully saturated rings. The molecule has 0 bridgehead atoms. The van der Waals surface area contributed by atoms with Gasteiger partial charge in [0.05, 0.1) is 5.69 Å². The SMILES string of the molecule is CCc1cccc(-c2ccc(N3CCC4(CC3)CCN(C3CCC3)CC4)nn2)c1. The number of aromatic nitrogens is 2. The molecule has 1 aromatic carbocycles. The average molecular weight is 391 g/mol. The van der Waals surface area contributed by atoms with Gasteiger partial charge in [0.1, 0.15) is 0 Å². The number of piperidine rings is 2. The number of hydrogen-bond acceptors (Lipinski definition) is 4. The van der Waals surface area contributed by atoms with Crippen molar-refractivity contribution in [3.05, 3.63) is 42.0 Å². The normalized spacial score (nSPS) is 22.6. The minimum atomic E-state index is 0.588. The largest absolute Gasteiger partial charge is 0.355 e. The minimum absolute atomic E-state index is 0.588. The predicted molar refractivity (Wildman–Crippen MR) is 119 cm³/mol. The summed E-state index contributed by atoms with van der Waals surface area (Å²) < 4.78 is 0. The van der Waals surface area contributed by atoms with Gasteiger partial charge >= 0.3 is 0 Å². The summed E-state index contributed by atoms with van der Waals surface area (Å²) in [6.45, 7) is 7.10. The van der Waals surface area contributed by atoms with Crippen LogP contribution in [0.25, 0.3) is 11.3 Å². The molecule has 0 radical (unpaired) electrons. The van der Waals surface area contributed by atoms with Crippen LogP contribution >= 0.6 is 0 Å². The number of anilines is 1. The summed E-state index contributed by atoms with van der Waals surface area (Å²) >= 11 is 0. The molecule has 3 aliphatic rings. The van der Waals surface area contributed by atoms with Crippen LogP contribution in [0.5, 0.6) is 0 Å². The summed E-state index contributed by atoms with van der Waals surface area (Å²) in [5.74, 6) is 1.04. The molecule has 0 amide bonds. The van der Waals surface area contributed by atoms with Crippen LogP contribution < -0.4 is 4.90 Å². The summed E-state index contributed by atoms with van der Waals surface area (Å²) in [6, 6.07) is 13.9. The first-order valence-corrected chi connectivity index (χ1v) is 11.7. The Bertz CT molecular complexity index is 809. The van der Waals surface area contributed by atoms with Gasteiger partial charge in [0.25, 0.3) is 0 Å². The van der Waals surface area contributed by atoms with E-state index in [0.717, 1.165) is 37.1 Å². The number of likely N-dealkylation sites (tertiary alicyclic amines) is 1. The standard InChI is InChI=1S/C25H34N4/c1-2-20-5-3-6-21(19-20)23-9-10-24(27-26-23)29-17-13-25(14-18-29)11-15-28(16-12-25)22-7-4-8-22/h3,5-6,9-10,19,22H,2,4,7-8,11-18H2,1H3. The molecule has 154 valence electrons. The summed E-state index contributed by atoms with van der Waals surface area (Å²) in [5.41, 5.74) is 4.07. The summed E-state index contributed by atoms with van der Waals surface area (Å²) in [6.07, 6.45) is 10.8. The zero-order valence-electron chi connectivity index (χ0n) is 17.8. The molecule has 1 spiro atoms. The van der Waals surface area contributed by atoms with Crippen molar-refractivity contribution in [1.29, 1.82) is 0 Å². The summed E-state index contributed by atoms with van der Waals surface area (Å²) in [5, 5.41) is 9.14. The monoisotopic (exact) mass is 390 g/mol. The van der Waals surface area contributed by atoms with E-state index < -0.39 is 0 Å². The Morgan fingerprint density at radius 2 is 1.69 bits per heavy atom. The Labute approximate surface area is 175 Å². The first-order chi connectivity index (χ1) is 14.2. The Morgan fingerprint density at radius 1 is 0.931 bits per heavy atom. The van der Waals surface area contributed by atoms with Crippen LogP contribution in [-0.2, 0) is 6.42 Å². The van der Waals surface area contributed by atoms with E-state index in [1.54, 1.807) is 0 Å². The van der Waals surface area contributed by atoms with E-state index in [2.05, 4.69) is 63.3 Å². The molecule has 1 aromatic heterocycles. The van der Waals surface area contributed by atoms with Gasteiger partial charge in [-0.3, -0.25) is 0 Å². The third-order valence-electron chi connectivity index (χ3n) is 7.88. The highest BCUT2D eigenvalue weighted by atomic mass is 15.3. The molecule has 5 rings (SSSR count). The van der Waals surface area contributed by atoms with Crippen LogP contribution in [0.3, 0.4) is 0 Å². The van der Waals surface area contributed by atoms with Crippen LogP contribution in [-0.4, -0.2) is 47.3 Å². The molecule has 1 saturated carbocycles. The number of nitrogens with zero attached hydrogens (tertiary/aromatic N) is 4. The van der Waals surface area contributed by atoms with Gasteiger partial charge in [0.2, 0.25) is 0 Å². The lowest BCUT2D eigenvalue weighted by Crippen LogP contribution is -2.51. The lowest BCUT2D eigenvalue weighted by molar-refractivity contribution is 0.0305. The van der Waals surface area contributed by atoms with Crippen molar-refractivity contribution >= 4 is 5.82 Å². The van der Waals surface area contributed by atoms with Gasteiger partial charge in [-0.15, -0.1) is 10.2 Å². The lowest BCUT2D eigenvalue weighted by Gasteiger charge is -2.50. The third-order valence-corrected chi connectivity index (χ3v) is 7.88. The van der Waals surface area contributed by atoms with E-state index in [1.165, 1.54) is 69.2 Å². The molecular formula is C25H34N4. The van der Waals surface area contributed by atoms with Gasteiger partial charge in [-0.1, -0.05) is 31.5 Å². The topological polar surface area (TPSA) is 32.3 Å². The van der Waals surface area contributed by atoms with E-state index in [4.69, 9.17) is 0 Å². The minimum Gasteiger partial charge on any atom is -0.355 e. The van der Waals surface area contributed by atoms with Crippen molar-refractivity contribution in [2.24, 2.45) is 5.41 Å². The van der Waals surface area contributed by atoms with Crippen molar-refractivity contribution in [3.63, 3.8) is 0 Å². The van der Waals surface area contributed by atoms with Gasteiger partial charge in [-0.05, 0) is 87.2 Å². The van der Waals surface area contributed by atoms with Crippen molar-refractivity contribution in [3.8, 4) is 11.3 Å². The Balaban J connectivity index is 1.19. The van der Waals surface area contributed by atoms with Crippen molar-refractivity contribution in [1.82, 2.24) is 15.1 Å². The average Bonchev–Trinajstić information content (AvgIpc) is 2.75. The van der Waals surface area contributed by atoms with E-state index in [9.17, 15) is 0 Å². The Morgan fingerprint density at radius 3 is 2.31 bits per heavy atom. The van der Waals surface area contributed by atoms with Crippen LogP contribution in [0, 0.1) is 5.41 Å². The van der Waals surface area contributed by atoms with Crippen LogP contribution in [0.15, 0.2) is 36.4 Å². The maximum Gasteiger partial charge on any atom is 0.151 e. The molecule has 4 nitrogen and oxygen atoms in total. The van der Waals surface area contributed by atoms with Crippen molar-refractivity contribution in [2.45, 2.75) is 64.3 Å². The van der Waals surface area contributed by atoms with Gasteiger partial charge in [-0.25, -0.2) is 0 Å². The molecule has 4 heteroatoms. The summed E-state index contributed by atoms with van der Waals surface area (Å²) in [7, 11) is 0. The molecular weight excluding hydrogens is 356 g/mol. The van der Waals surface area contributed by atoms with Crippen molar-refractivity contribution in [2.75, 3.05) is 31.1 Å². The number of rotatable bonds is 4. The number of hydrogen-bond donors (Lipinski definition) is 0. The highest BCUT2D eigenvalue weighted by molar-refractivity contribution is 5.60. The zero-order valence-corrected chi connectivity index (χ0v) is 17.8. The molecule has 3 heterocycles. The highest BCUT2D eigenvalue weighted by Gasteiger charge is 2.39. The van der Waals surface area contributed by atoms with E-state index in [0.29, 0.717) is 5.41 Å². The van der Waals surface area contributed by atoms with E-state index >= 15 is 0 Å². The van der Waals surface area contributed by atoms with Gasteiger partial charge in [0, 0.05) is 24.7 Å². The molecule has 0 unspecified atom stereocenters. The van der Waals surface area contributed by atoms with E-state index in [-0.39, 0.29) is 0 Å². The van der Waals surface area contributed by atoms with Crippen molar-refractivity contribution < 1.29 is 0 Å². The van der Waals surface area contributed by atoms with Gasteiger partial charge in [0.15, 0.2) is 5.82 Å². The quantitative estimate of drug-likeness (QED) is 0.740. The fraction of sp³-hybridized carbons (Fsp3) is 0.600.